The van der Waals surface area contributed by atoms with Gasteiger partial charge >= 0.3 is 0 Å². The van der Waals surface area contributed by atoms with Crippen molar-refractivity contribution in [3.63, 3.8) is 0 Å². The Morgan fingerprint density at radius 3 is 2.57 bits per heavy atom. The molecule has 0 aliphatic rings. The van der Waals surface area contributed by atoms with Gasteiger partial charge in [-0.05, 0) is 19.1 Å². The summed E-state index contributed by atoms with van der Waals surface area (Å²) in [5.74, 6) is 0.905. The van der Waals surface area contributed by atoms with Gasteiger partial charge in [-0.2, -0.15) is 0 Å². The molecule has 0 unspecified atom stereocenters. The Bertz CT molecular complexity index is 419. The normalized spacial score (nSPS) is 10.7. The van der Waals surface area contributed by atoms with Gasteiger partial charge in [0.15, 0.2) is 5.96 Å². The minimum absolute atomic E-state index is 0. The van der Waals surface area contributed by atoms with Gasteiger partial charge in [-0.3, -0.25) is 4.99 Å². The first-order chi connectivity index (χ1) is 9.76. The van der Waals surface area contributed by atoms with Crippen molar-refractivity contribution in [2.75, 3.05) is 40.0 Å². The molecular formula is C14H23FIN3O2. The maximum Gasteiger partial charge on any atom is 0.191 e. The molecule has 0 aromatic heterocycles. The van der Waals surface area contributed by atoms with Crippen molar-refractivity contribution in [1.29, 1.82) is 0 Å². The van der Waals surface area contributed by atoms with Gasteiger partial charge in [-0.1, -0.05) is 6.07 Å². The molecular weight excluding hydrogens is 388 g/mol. The van der Waals surface area contributed by atoms with E-state index in [2.05, 4.69) is 15.6 Å². The van der Waals surface area contributed by atoms with Crippen LogP contribution in [-0.4, -0.2) is 45.9 Å². The second kappa shape index (κ2) is 12.6. The van der Waals surface area contributed by atoms with E-state index in [4.69, 9.17) is 9.47 Å². The Kier molecular flexibility index (Phi) is 12.0. The van der Waals surface area contributed by atoms with Gasteiger partial charge in [-0.15, -0.1) is 24.0 Å². The molecule has 2 N–H and O–H groups in total. The van der Waals surface area contributed by atoms with E-state index in [0.29, 0.717) is 44.6 Å². The van der Waals surface area contributed by atoms with E-state index in [9.17, 15) is 4.39 Å². The van der Waals surface area contributed by atoms with Crippen molar-refractivity contribution in [3.8, 4) is 5.75 Å². The summed E-state index contributed by atoms with van der Waals surface area (Å²) in [6.45, 7) is 4.99. The number of aliphatic imine (C=N–C) groups is 1. The molecule has 21 heavy (non-hydrogen) atoms. The molecule has 0 saturated heterocycles. The van der Waals surface area contributed by atoms with E-state index < -0.39 is 0 Å². The highest BCUT2D eigenvalue weighted by Gasteiger charge is 1.98. The fraction of sp³-hybridized carbons (Fsp3) is 0.500. The van der Waals surface area contributed by atoms with Crippen LogP contribution < -0.4 is 15.4 Å². The van der Waals surface area contributed by atoms with Crippen LogP contribution in [0.25, 0.3) is 0 Å². The Balaban J connectivity index is 0.00000400. The lowest BCUT2D eigenvalue weighted by Crippen LogP contribution is -2.40. The van der Waals surface area contributed by atoms with E-state index >= 15 is 0 Å². The summed E-state index contributed by atoms with van der Waals surface area (Å²) < 4.78 is 23.6. The van der Waals surface area contributed by atoms with Crippen LogP contribution in [0.4, 0.5) is 4.39 Å². The largest absolute Gasteiger partial charge is 0.492 e. The predicted octanol–water partition coefficient (Wildman–Crippen LogP) is 2.02. The molecule has 0 radical (unpaired) electrons. The summed E-state index contributed by atoms with van der Waals surface area (Å²) in [4.78, 5) is 4.07. The zero-order valence-electron chi connectivity index (χ0n) is 12.4. The van der Waals surface area contributed by atoms with Crippen LogP contribution in [0.5, 0.6) is 5.75 Å². The molecule has 0 amide bonds. The molecule has 1 rings (SSSR count). The molecule has 0 spiro atoms. The third kappa shape index (κ3) is 9.46. The number of hydrogen-bond acceptors (Lipinski definition) is 3. The Hall–Kier alpha value is -1.09. The van der Waals surface area contributed by atoms with E-state index in [0.717, 1.165) is 0 Å². The number of halogens is 2. The van der Waals surface area contributed by atoms with Crippen LogP contribution in [-0.2, 0) is 4.74 Å². The first-order valence-electron chi connectivity index (χ1n) is 6.67. The second-order valence-electron chi connectivity index (χ2n) is 3.93. The Morgan fingerprint density at radius 2 is 1.95 bits per heavy atom. The number of ether oxygens (including phenoxy) is 2. The molecule has 1 aromatic rings. The van der Waals surface area contributed by atoms with Crippen LogP contribution >= 0.6 is 24.0 Å². The zero-order valence-corrected chi connectivity index (χ0v) is 14.7. The first kappa shape index (κ1) is 19.9. The highest BCUT2D eigenvalue weighted by molar-refractivity contribution is 14.0. The maximum absolute atomic E-state index is 12.9. The van der Waals surface area contributed by atoms with Gasteiger partial charge in [0.25, 0.3) is 0 Å². The quantitative estimate of drug-likeness (QED) is 0.298. The molecule has 0 saturated carbocycles. The Labute approximate surface area is 142 Å². The van der Waals surface area contributed by atoms with E-state index in [1.807, 2.05) is 6.92 Å². The average molecular weight is 411 g/mol. The number of rotatable bonds is 8. The fourth-order valence-corrected chi connectivity index (χ4v) is 1.50. The average Bonchev–Trinajstić information content (AvgIpc) is 2.46. The number of hydrogen-bond donors (Lipinski definition) is 2. The number of benzene rings is 1. The number of nitrogens with zero attached hydrogens (tertiary/aromatic N) is 1. The molecule has 0 atom stereocenters. The third-order valence-corrected chi connectivity index (χ3v) is 2.43. The topological polar surface area (TPSA) is 54.9 Å². The van der Waals surface area contributed by atoms with Crippen molar-refractivity contribution >= 4 is 29.9 Å². The van der Waals surface area contributed by atoms with Crippen LogP contribution in [0.3, 0.4) is 0 Å². The molecule has 5 nitrogen and oxygen atoms in total. The molecule has 0 heterocycles. The van der Waals surface area contributed by atoms with Gasteiger partial charge in [0, 0.05) is 26.3 Å². The zero-order chi connectivity index (χ0) is 14.6. The molecule has 0 aliphatic carbocycles. The number of guanidine groups is 1. The van der Waals surface area contributed by atoms with Crippen molar-refractivity contribution in [2.45, 2.75) is 6.92 Å². The smallest absolute Gasteiger partial charge is 0.191 e. The lowest BCUT2D eigenvalue weighted by Gasteiger charge is -2.12. The second-order valence-corrected chi connectivity index (χ2v) is 3.93. The van der Waals surface area contributed by atoms with Crippen LogP contribution in [0, 0.1) is 5.82 Å². The standard InChI is InChI=1S/C14H22FN3O2.HI/c1-3-19-9-7-17-14(16-2)18-8-10-20-13-6-4-5-12(15)11-13;/h4-6,11H,3,7-10H2,1-2H3,(H2,16,17,18);1H. The van der Waals surface area contributed by atoms with Crippen molar-refractivity contribution in [3.05, 3.63) is 30.1 Å². The highest BCUT2D eigenvalue weighted by atomic mass is 127. The van der Waals surface area contributed by atoms with Gasteiger partial charge in [0.2, 0.25) is 0 Å². The molecule has 0 bridgehead atoms. The summed E-state index contributed by atoms with van der Waals surface area (Å²) in [7, 11) is 1.70. The summed E-state index contributed by atoms with van der Waals surface area (Å²) in [6, 6.07) is 6.08. The molecule has 7 heteroatoms. The van der Waals surface area contributed by atoms with Crippen molar-refractivity contribution in [1.82, 2.24) is 10.6 Å². The highest BCUT2D eigenvalue weighted by Crippen LogP contribution is 2.11. The SMILES string of the molecule is CCOCCNC(=NC)NCCOc1cccc(F)c1.I. The summed E-state index contributed by atoms with van der Waals surface area (Å²) >= 11 is 0. The van der Waals surface area contributed by atoms with Crippen molar-refractivity contribution in [2.24, 2.45) is 4.99 Å². The minimum atomic E-state index is -0.302. The summed E-state index contributed by atoms with van der Waals surface area (Å²) in [6.07, 6.45) is 0. The van der Waals surface area contributed by atoms with Gasteiger partial charge in [-0.25, -0.2) is 4.39 Å². The molecule has 1 aromatic carbocycles. The molecule has 120 valence electrons. The van der Waals surface area contributed by atoms with E-state index in [1.165, 1.54) is 12.1 Å². The minimum Gasteiger partial charge on any atom is -0.492 e. The maximum atomic E-state index is 12.9. The Morgan fingerprint density at radius 1 is 1.24 bits per heavy atom. The van der Waals surface area contributed by atoms with E-state index in [-0.39, 0.29) is 29.8 Å². The predicted molar refractivity (Wildman–Crippen MR) is 93.2 cm³/mol. The van der Waals surface area contributed by atoms with Crippen LogP contribution in [0.15, 0.2) is 29.3 Å². The van der Waals surface area contributed by atoms with Gasteiger partial charge < -0.3 is 20.1 Å². The summed E-state index contributed by atoms with van der Waals surface area (Å²) in [5.41, 5.74) is 0. The lowest BCUT2D eigenvalue weighted by molar-refractivity contribution is 0.152. The van der Waals surface area contributed by atoms with E-state index in [1.54, 1.807) is 19.2 Å². The number of nitrogens with one attached hydrogen (secondary N) is 2. The molecule has 0 aliphatic heterocycles. The van der Waals surface area contributed by atoms with Gasteiger partial charge in [0.1, 0.15) is 18.2 Å². The third-order valence-electron chi connectivity index (χ3n) is 2.43. The monoisotopic (exact) mass is 411 g/mol. The fourth-order valence-electron chi connectivity index (χ4n) is 1.50. The van der Waals surface area contributed by atoms with Crippen LogP contribution in [0.1, 0.15) is 6.92 Å². The first-order valence-corrected chi connectivity index (χ1v) is 6.67. The molecule has 0 fully saturated rings. The van der Waals surface area contributed by atoms with Crippen molar-refractivity contribution < 1.29 is 13.9 Å². The van der Waals surface area contributed by atoms with Crippen LogP contribution in [0.2, 0.25) is 0 Å². The summed E-state index contributed by atoms with van der Waals surface area (Å²) in [5, 5.41) is 6.21. The van der Waals surface area contributed by atoms with Gasteiger partial charge in [0.05, 0.1) is 13.2 Å². The lowest BCUT2D eigenvalue weighted by atomic mass is 10.3.